The number of anilines is 1. The second-order valence-electron chi connectivity index (χ2n) is 4.36. The summed E-state index contributed by atoms with van der Waals surface area (Å²) in [6.45, 7) is 2.20. The topological polar surface area (TPSA) is 28.2 Å². The molecule has 4 heteroatoms. The molecule has 3 nitrogen and oxygen atoms in total. The molecule has 0 aliphatic carbocycles. The molecular weight excluding hydrogens is 266 g/mol. The summed E-state index contributed by atoms with van der Waals surface area (Å²) in [5.74, 6) is 1.04. The summed E-state index contributed by atoms with van der Waals surface area (Å²) in [4.78, 5) is 6.61. The van der Waals surface area contributed by atoms with Crippen molar-refractivity contribution in [3.63, 3.8) is 0 Å². The number of hydrogen-bond donors (Lipinski definition) is 1. The Bertz CT molecular complexity index is 320. The Hall–Kier alpha value is -0.610. The SMILES string of the molecule is CN(CC1CCCCN1)c1ccc(Br)cn1. The first kappa shape index (κ1) is 11.9. The number of aromatic nitrogens is 1. The normalized spacial score (nSPS) is 20.8. The van der Waals surface area contributed by atoms with Crippen molar-refractivity contribution in [2.45, 2.75) is 25.3 Å². The van der Waals surface area contributed by atoms with Crippen molar-refractivity contribution in [3.05, 3.63) is 22.8 Å². The molecule has 2 rings (SSSR count). The van der Waals surface area contributed by atoms with E-state index in [1.165, 1.54) is 19.3 Å². The lowest BCUT2D eigenvalue weighted by Crippen LogP contribution is -2.42. The Kier molecular flexibility index (Phi) is 4.18. The van der Waals surface area contributed by atoms with Gasteiger partial charge in [-0.2, -0.15) is 0 Å². The van der Waals surface area contributed by atoms with Gasteiger partial charge in [-0.25, -0.2) is 4.98 Å². The molecule has 1 fully saturated rings. The molecule has 1 aromatic heterocycles. The molecule has 16 heavy (non-hydrogen) atoms. The van der Waals surface area contributed by atoms with Gasteiger partial charge in [-0.15, -0.1) is 0 Å². The maximum absolute atomic E-state index is 4.39. The third-order valence-electron chi connectivity index (χ3n) is 3.01. The van der Waals surface area contributed by atoms with Crippen LogP contribution in [-0.4, -0.2) is 31.2 Å². The van der Waals surface area contributed by atoms with Gasteiger partial charge in [-0.05, 0) is 47.4 Å². The molecule has 1 atom stereocenters. The number of likely N-dealkylation sites (N-methyl/N-ethyl adjacent to an activating group) is 1. The van der Waals surface area contributed by atoms with Gasteiger partial charge in [0.1, 0.15) is 5.82 Å². The number of hydrogen-bond acceptors (Lipinski definition) is 3. The van der Waals surface area contributed by atoms with E-state index >= 15 is 0 Å². The van der Waals surface area contributed by atoms with Crippen LogP contribution in [0.4, 0.5) is 5.82 Å². The highest BCUT2D eigenvalue weighted by Gasteiger charge is 2.15. The molecule has 1 aliphatic heterocycles. The predicted molar refractivity (Wildman–Crippen MR) is 70.8 cm³/mol. The maximum atomic E-state index is 4.39. The molecule has 0 bridgehead atoms. The zero-order valence-corrected chi connectivity index (χ0v) is 11.2. The molecule has 0 saturated carbocycles. The molecule has 0 spiro atoms. The van der Waals surface area contributed by atoms with Crippen LogP contribution in [0.5, 0.6) is 0 Å². The van der Waals surface area contributed by atoms with Crippen molar-refractivity contribution < 1.29 is 0 Å². The Morgan fingerprint density at radius 3 is 3.00 bits per heavy atom. The lowest BCUT2D eigenvalue weighted by atomic mass is 10.0. The van der Waals surface area contributed by atoms with Crippen LogP contribution in [0.25, 0.3) is 0 Å². The van der Waals surface area contributed by atoms with Gasteiger partial charge < -0.3 is 10.2 Å². The van der Waals surface area contributed by atoms with E-state index in [9.17, 15) is 0 Å². The molecule has 0 aromatic carbocycles. The van der Waals surface area contributed by atoms with Gasteiger partial charge in [0.15, 0.2) is 0 Å². The minimum Gasteiger partial charge on any atom is -0.358 e. The molecule has 1 saturated heterocycles. The van der Waals surface area contributed by atoms with Gasteiger partial charge in [0.2, 0.25) is 0 Å². The second kappa shape index (κ2) is 5.64. The number of halogens is 1. The quantitative estimate of drug-likeness (QED) is 0.924. The van der Waals surface area contributed by atoms with E-state index in [2.05, 4.69) is 38.2 Å². The smallest absolute Gasteiger partial charge is 0.128 e. The molecule has 88 valence electrons. The fourth-order valence-electron chi connectivity index (χ4n) is 2.10. The number of nitrogens with one attached hydrogen (secondary N) is 1. The van der Waals surface area contributed by atoms with Crippen molar-refractivity contribution in [1.82, 2.24) is 10.3 Å². The molecule has 1 aliphatic rings. The fraction of sp³-hybridized carbons (Fsp3) is 0.583. The van der Waals surface area contributed by atoms with Crippen LogP contribution in [0.3, 0.4) is 0 Å². The van der Waals surface area contributed by atoms with Gasteiger partial charge in [0.05, 0.1) is 0 Å². The molecule has 0 amide bonds. The first-order chi connectivity index (χ1) is 7.75. The zero-order chi connectivity index (χ0) is 11.4. The lowest BCUT2D eigenvalue weighted by Gasteiger charge is -2.28. The van der Waals surface area contributed by atoms with Crippen molar-refractivity contribution in [2.24, 2.45) is 0 Å². The van der Waals surface area contributed by atoms with Crippen molar-refractivity contribution >= 4 is 21.7 Å². The van der Waals surface area contributed by atoms with Crippen molar-refractivity contribution in [3.8, 4) is 0 Å². The number of nitrogens with zero attached hydrogens (tertiary/aromatic N) is 2. The average Bonchev–Trinajstić information content (AvgIpc) is 2.31. The van der Waals surface area contributed by atoms with E-state index in [1.54, 1.807) is 0 Å². The second-order valence-corrected chi connectivity index (χ2v) is 5.28. The number of rotatable bonds is 3. The number of piperidine rings is 1. The van der Waals surface area contributed by atoms with Crippen LogP contribution in [0.15, 0.2) is 22.8 Å². The summed E-state index contributed by atoms with van der Waals surface area (Å²) in [6.07, 6.45) is 5.79. The van der Waals surface area contributed by atoms with Gasteiger partial charge in [0.25, 0.3) is 0 Å². The van der Waals surface area contributed by atoms with E-state index in [0.29, 0.717) is 6.04 Å². The Morgan fingerprint density at radius 2 is 2.38 bits per heavy atom. The summed E-state index contributed by atoms with van der Waals surface area (Å²) in [5.41, 5.74) is 0. The monoisotopic (exact) mass is 283 g/mol. The van der Waals surface area contributed by atoms with E-state index in [-0.39, 0.29) is 0 Å². The van der Waals surface area contributed by atoms with E-state index in [0.717, 1.165) is 23.4 Å². The molecule has 1 aromatic rings. The average molecular weight is 284 g/mol. The summed E-state index contributed by atoms with van der Waals surface area (Å²) in [6, 6.07) is 4.70. The zero-order valence-electron chi connectivity index (χ0n) is 9.62. The van der Waals surface area contributed by atoms with Crippen LogP contribution in [0.2, 0.25) is 0 Å². The summed E-state index contributed by atoms with van der Waals surface area (Å²) in [7, 11) is 2.10. The van der Waals surface area contributed by atoms with Crippen molar-refractivity contribution in [2.75, 3.05) is 25.0 Å². The minimum absolute atomic E-state index is 0.615. The third-order valence-corrected chi connectivity index (χ3v) is 3.48. The van der Waals surface area contributed by atoms with Crippen LogP contribution in [0.1, 0.15) is 19.3 Å². The fourth-order valence-corrected chi connectivity index (χ4v) is 2.33. The Balaban J connectivity index is 1.91. The molecule has 2 heterocycles. The van der Waals surface area contributed by atoms with E-state index in [1.807, 2.05) is 18.3 Å². The van der Waals surface area contributed by atoms with Crippen LogP contribution in [0, 0.1) is 0 Å². The molecule has 0 radical (unpaired) electrons. The van der Waals surface area contributed by atoms with E-state index in [4.69, 9.17) is 0 Å². The van der Waals surface area contributed by atoms with Gasteiger partial charge in [-0.1, -0.05) is 6.42 Å². The number of pyridine rings is 1. The van der Waals surface area contributed by atoms with Crippen LogP contribution in [-0.2, 0) is 0 Å². The first-order valence-electron chi connectivity index (χ1n) is 5.82. The molecule has 1 unspecified atom stereocenters. The minimum atomic E-state index is 0.615. The highest BCUT2D eigenvalue weighted by Crippen LogP contribution is 2.15. The summed E-state index contributed by atoms with van der Waals surface area (Å²) < 4.78 is 1.03. The van der Waals surface area contributed by atoms with Crippen LogP contribution < -0.4 is 10.2 Å². The van der Waals surface area contributed by atoms with E-state index < -0.39 is 0 Å². The lowest BCUT2D eigenvalue weighted by molar-refractivity contribution is 0.403. The van der Waals surface area contributed by atoms with Crippen LogP contribution >= 0.6 is 15.9 Å². The maximum Gasteiger partial charge on any atom is 0.128 e. The van der Waals surface area contributed by atoms with Gasteiger partial charge >= 0.3 is 0 Å². The summed E-state index contributed by atoms with van der Waals surface area (Å²) in [5, 5.41) is 3.55. The Labute approximate surface area is 105 Å². The highest BCUT2D eigenvalue weighted by atomic mass is 79.9. The molecular formula is C12H18BrN3. The summed E-state index contributed by atoms with van der Waals surface area (Å²) >= 11 is 3.40. The Morgan fingerprint density at radius 1 is 1.50 bits per heavy atom. The first-order valence-corrected chi connectivity index (χ1v) is 6.61. The standard InChI is InChI=1S/C12H18BrN3/c1-16(9-11-4-2-3-7-14-11)12-6-5-10(13)8-15-12/h5-6,8,11,14H,2-4,7,9H2,1H3. The van der Waals surface area contributed by atoms with Crippen molar-refractivity contribution in [1.29, 1.82) is 0 Å². The molecule has 1 N–H and O–H groups in total. The third kappa shape index (κ3) is 3.19. The van der Waals surface area contributed by atoms with Gasteiger partial charge in [0, 0.05) is 30.3 Å². The van der Waals surface area contributed by atoms with Gasteiger partial charge in [-0.3, -0.25) is 0 Å². The predicted octanol–water partition coefficient (Wildman–Crippen LogP) is 2.42. The highest BCUT2D eigenvalue weighted by molar-refractivity contribution is 9.10. The largest absolute Gasteiger partial charge is 0.358 e.